The van der Waals surface area contributed by atoms with Crippen molar-refractivity contribution in [2.24, 2.45) is 4.99 Å². The van der Waals surface area contributed by atoms with Crippen molar-refractivity contribution in [2.75, 3.05) is 44.2 Å². The molecule has 1 fully saturated rings. The van der Waals surface area contributed by atoms with Crippen LogP contribution >= 0.6 is 0 Å². The maximum Gasteiger partial charge on any atom is 0.229 e. The number of aryl methyl sites for hydroxylation is 1. The fourth-order valence-corrected chi connectivity index (χ4v) is 3.25. The standard InChI is InChI=1S/C21H33N5O2/c1-4-22-21(24-13-15-26-19(27)10-7-11-20(26)28)23-12-14-25(5-2)18-9-6-8-17(3)16-18/h6,8-9,16H,4-5,7,10-15H2,1-3H3,(H2,22,23,24). The lowest BCUT2D eigenvalue weighted by Crippen LogP contribution is -2.46. The molecule has 1 aromatic rings. The Hall–Kier alpha value is -2.57. The van der Waals surface area contributed by atoms with E-state index in [1.54, 1.807) is 0 Å². The van der Waals surface area contributed by atoms with Gasteiger partial charge in [0.25, 0.3) is 0 Å². The van der Waals surface area contributed by atoms with Crippen LogP contribution in [0.25, 0.3) is 0 Å². The fourth-order valence-electron chi connectivity index (χ4n) is 3.25. The number of carbonyl (C=O) groups excluding carboxylic acids is 2. The van der Waals surface area contributed by atoms with E-state index < -0.39 is 0 Å². The zero-order valence-corrected chi connectivity index (χ0v) is 17.3. The summed E-state index contributed by atoms with van der Waals surface area (Å²) in [5, 5.41) is 6.44. The Morgan fingerprint density at radius 3 is 2.57 bits per heavy atom. The van der Waals surface area contributed by atoms with Crippen molar-refractivity contribution in [2.45, 2.75) is 40.0 Å². The van der Waals surface area contributed by atoms with E-state index in [-0.39, 0.29) is 11.8 Å². The van der Waals surface area contributed by atoms with Crippen molar-refractivity contribution >= 4 is 23.5 Å². The first kappa shape index (κ1) is 21.7. The molecule has 1 aliphatic heterocycles. The van der Waals surface area contributed by atoms with Crippen LogP contribution in [0.15, 0.2) is 29.3 Å². The normalized spacial score (nSPS) is 15.0. The predicted molar refractivity (Wildman–Crippen MR) is 114 cm³/mol. The minimum absolute atomic E-state index is 0.0725. The Balaban J connectivity index is 1.85. The summed E-state index contributed by atoms with van der Waals surface area (Å²) in [5.74, 6) is 0.563. The van der Waals surface area contributed by atoms with E-state index >= 15 is 0 Å². The highest BCUT2D eigenvalue weighted by molar-refractivity contribution is 5.97. The lowest BCUT2D eigenvalue weighted by atomic mass is 10.1. The average Bonchev–Trinajstić information content (AvgIpc) is 2.67. The van der Waals surface area contributed by atoms with Gasteiger partial charge >= 0.3 is 0 Å². The molecule has 2 N–H and O–H groups in total. The molecule has 0 radical (unpaired) electrons. The van der Waals surface area contributed by atoms with Gasteiger partial charge in [0.05, 0.1) is 6.54 Å². The summed E-state index contributed by atoms with van der Waals surface area (Å²) in [4.78, 5) is 32.0. The van der Waals surface area contributed by atoms with Crippen molar-refractivity contribution in [3.05, 3.63) is 29.8 Å². The van der Waals surface area contributed by atoms with Crippen molar-refractivity contribution < 1.29 is 9.59 Å². The summed E-state index contributed by atoms with van der Waals surface area (Å²) in [7, 11) is 0. The first-order valence-corrected chi connectivity index (χ1v) is 10.2. The molecule has 7 heteroatoms. The smallest absolute Gasteiger partial charge is 0.229 e. The van der Waals surface area contributed by atoms with Crippen LogP contribution in [0.4, 0.5) is 5.69 Å². The highest BCUT2D eigenvalue weighted by atomic mass is 16.2. The van der Waals surface area contributed by atoms with Crippen molar-refractivity contribution in [3.8, 4) is 0 Å². The van der Waals surface area contributed by atoms with E-state index in [1.165, 1.54) is 16.2 Å². The Labute approximate surface area is 168 Å². The monoisotopic (exact) mass is 387 g/mol. The van der Waals surface area contributed by atoms with Crippen LogP contribution in [0.5, 0.6) is 0 Å². The lowest BCUT2D eigenvalue weighted by molar-refractivity contribution is -0.147. The number of nitrogens with one attached hydrogen (secondary N) is 2. The molecule has 1 heterocycles. The number of imide groups is 1. The predicted octanol–water partition coefficient (Wildman–Crippen LogP) is 1.92. The minimum Gasteiger partial charge on any atom is -0.370 e. The number of likely N-dealkylation sites (tertiary alicyclic amines) is 1. The van der Waals surface area contributed by atoms with E-state index in [9.17, 15) is 9.59 Å². The van der Waals surface area contributed by atoms with Gasteiger partial charge in [-0.15, -0.1) is 0 Å². The number of rotatable bonds is 9. The first-order valence-electron chi connectivity index (χ1n) is 10.2. The number of hydrogen-bond donors (Lipinski definition) is 2. The van der Waals surface area contributed by atoms with Gasteiger partial charge in [-0.2, -0.15) is 0 Å². The van der Waals surface area contributed by atoms with Crippen LogP contribution in [0.2, 0.25) is 0 Å². The molecule has 0 saturated carbocycles. The van der Waals surface area contributed by atoms with Crippen LogP contribution in [0, 0.1) is 6.92 Å². The molecule has 0 atom stereocenters. The molecule has 0 aliphatic carbocycles. The molecule has 0 bridgehead atoms. The van der Waals surface area contributed by atoms with Crippen LogP contribution in [-0.2, 0) is 9.59 Å². The molecular weight excluding hydrogens is 354 g/mol. The molecule has 154 valence electrons. The van der Waals surface area contributed by atoms with Crippen LogP contribution in [0.1, 0.15) is 38.7 Å². The summed E-state index contributed by atoms with van der Waals surface area (Å²) in [5.41, 5.74) is 2.45. The van der Waals surface area contributed by atoms with Crippen LogP contribution in [-0.4, -0.2) is 61.9 Å². The Morgan fingerprint density at radius 2 is 1.93 bits per heavy atom. The third kappa shape index (κ3) is 6.55. The van der Waals surface area contributed by atoms with Crippen molar-refractivity contribution in [1.82, 2.24) is 15.5 Å². The topological polar surface area (TPSA) is 77.0 Å². The number of likely N-dealkylation sites (N-methyl/N-ethyl adjacent to an activating group) is 1. The number of piperidine rings is 1. The number of aliphatic imine (C=N–C) groups is 1. The third-order valence-electron chi connectivity index (χ3n) is 4.74. The quantitative estimate of drug-likeness (QED) is 0.385. The van der Waals surface area contributed by atoms with Gasteiger partial charge in [0.15, 0.2) is 5.96 Å². The fraction of sp³-hybridized carbons (Fsp3) is 0.571. The van der Waals surface area contributed by atoms with E-state index in [2.05, 4.69) is 58.6 Å². The molecule has 0 spiro atoms. The molecule has 1 aliphatic rings. The molecule has 2 rings (SSSR count). The number of nitrogens with zero attached hydrogens (tertiary/aromatic N) is 3. The van der Waals surface area contributed by atoms with Crippen molar-refractivity contribution in [3.63, 3.8) is 0 Å². The zero-order chi connectivity index (χ0) is 20.4. The number of hydrogen-bond acceptors (Lipinski definition) is 4. The average molecular weight is 388 g/mol. The van der Waals surface area contributed by atoms with Gasteiger partial charge in [0, 0.05) is 51.3 Å². The van der Waals surface area contributed by atoms with Crippen LogP contribution < -0.4 is 15.5 Å². The maximum atomic E-state index is 11.9. The second-order valence-electron chi connectivity index (χ2n) is 6.90. The van der Waals surface area contributed by atoms with Gasteiger partial charge in [-0.05, 0) is 44.9 Å². The molecule has 2 amide bonds. The Morgan fingerprint density at radius 1 is 1.18 bits per heavy atom. The number of benzene rings is 1. The number of guanidine groups is 1. The summed E-state index contributed by atoms with van der Waals surface area (Å²) in [6, 6.07) is 8.48. The second-order valence-corrected chi connectivity index (χ2v) is 6.90. The lowest BCUT2D eigenvalue weighted by Gasteiger charge is -2.25. The maximum absolute atomic E-state index is 11.9. The zero-order valence-electron chi connectivity index (χ0n) is 17.3. The van der Waals surface area contributed by atoms with E-state index in [0.29, 0.717) is 44.9 Å². The summed E-state index contributed by atoms with van der Waals surface area (Å²) in [6.07, 6.45) is 1.60. The first-order chi connectivity index (χ1) is 13.5. The molecule has 1 saturated heterocycles. The number of amides is 2. The minimum atomic E-state index is -0.0725. The van der Waals surface area contributed by atoms with Crippen molar-refractivity contribution in [1.29, 1.82) is 0 Å². The van der Waals surface area contributed by atoms with Gasteiger partial charge in [0.2, 0.25) is 11.8 Å². The molecule has 0 unspecified atom stereocenters. The van der Waals surface area contributed by atoms with Gasteiger partial charge in [-0.3, -0.25) is 19.5 Å². The van der Waals surface area contributed by atoms with E-state index in [4.69, 9.17) is 0 Å². The summed E-state index contributed by atoms with van der Waals surface area (Å²) in [6.45, 7) is 10.3. The van der Waals surface area contributed by atoms with Gasteiger partial charge < -0.3 is 15.5 Å². The summed E-state index contributed by atoms with van der Waals surface area (Å²) >= 11 is 0. The number of carbonyl (C=O) groups is 2. The molecule has 28 heavy (non-hydrogen) atoms. The highest BCUT2D eigenvalue weighted by Gasteiger charge is 2.25. The summed E-state index contributed by atoms with van der Waals surface area (Å²) < 4.78 is 0. The largest absolute Gasteiger partial charge is 0.370 e. The highest BCUT2D eigenvalue weighted by Crippen LogP contribution is 2.15. The molecule has 7 nitrogen and oxygen atoms in total. The van der Waals surface area contributed by atoms with Gasteiger partial charge in [0.1, 0.15) is 0 Å². The van der Waals surface area contributed by atoms with Crippen LogP contribution in [0.3, 0.4) is 0 Å². The Kier molecular flexibility index (Phi) is 8.78. The second kappa shape index (κ2) is 11.3. The van der Waals surface area contributed by atoms with E-state index in [0.717, 1.165) is 19.6 Å². The molecule has 1 aromatic carbocycles. The van der Waals surface area contributed by atoms with Gasteiger partial charge in [-0.1, -0.05) is 12.1 Å². The van der Waals surface area contributed by atoms with E-state index in [1.807, 2.05) is 6.92 Å². The molecule has 0 aromatic heterocycles. The van der Waals surface area contributed by atoms with Gasteiger partial charge in [-0.25, -0.2) is 0 Å². The Bertz CT molecular complexity index is 673. The molecular formula is C21H33N5O2. The SMILES string of the molecule is CCNC(=NCCN(CC)c1cccc(C)c1)NCCN1C(=O)CCCC1=O. The number of anilines is 1. The third-order valence-corrected chi connectivity index (χ3v) is 4.74.